The predicted molar refractivity (Wildman–Crippen MR) is 63.1 cm³/mol. The molecule has 1 aromatic carbocycles. The lowest BCUT2D eigenvalue weighted by atomic mass is 10.2. The average Bonchev–Trinajstić information content (AvgIpc) is 2.24. The van der Waals surface area contributed by atoms with Crippen molar-refractivity contribution in [3.05, 3.63) is 29.8 Å². The molecule has 96 valence electrons. The minimum Gasteiger partial charge on any atom is -0.363 e. The van der Waals surface area contributed by atoms with E-state index in [2.05, 4.69) is 0 Å². The topological polar surface area (TPSA) is 29.3 Å². The second-order valence-corrected chi connectivity index (χ2v) is 4.01. The molecular formula is C12H17F3N2. The molecule has 0 aromatic heterocycles. The quantitative estimate of drug-likeness (QED) is 0.865. The zero-order valence-corrected chi connectivity index (χ0v) is 9.80. The Hall–Kier alpha value is -1.23. The smallest absolute Gasteiger partial charge is 0.363 e. The van der Waals surface area contributed by atoms with Gasteiger partial charge in [-0.1, -0.05) is 17.7 Å². The van der Waals surface area contributed by atoms with Crippen LogP contribution in [-0.2, 0) is 0 Å². The number of benzene rings is 1. The van der Waals surface area contributed by atoms with Crippen LogP contribution in [0.2, 0.25) is 0 Å². The number of nitrogens with zero attached hydrogens (tertiary/aromatic N) is 1. The van der Waals surface area contributed by atoms with Crippen LogP contribution in [0.25, 0.3) is 0 Å². The Morgan fingerprint density at radius 1 is 1.18 bits per heavy atom. The molecule has 0 heterocycles. The lowest BCUT2D eigenvalue weighted by Crippen LogP contribution is -2.35. The molecule has 0 unspecified atom stereocenters. The standard InChI is InChI=1S/C12H17F3N2/c1-10-3-5-11(6-4-10)17(8-2-7-16)9-12(13,14)15/h3-6H,2,7-9,16H2,1H3. The van der Waals surface area contributed by atoms with Crippen molar-refractivity contribution in [1.29, 1.82) is 0 Å². The van der Waals surface area contributed by atoms with Crippen molar-refractivity contribution in [2.45, 2.75) is 19.5 Å². The van der Waals surface area contributed by atoms with E-state index in [1.54, 1.807) is 24.3 Å². The first-order valence-corrected chi connectivity index (χ1v) is 5.51. The van der Waals surface area contributed by atoms with Gasteiger partial charge in [-0.05, 0) is 32.0 Å². The van der Waals surface area contributed by atoms with E-state index in [0.29, 0.717) is 25.2 Å². The summed E-state index contributed by atoms with van der Waals surface area (Å²) in [7, 11) is 0. The Morgan fingerprint density at radius 2 is 1.76 bits per heavy atom. The zero-order chi connectivity index (χ0) is 12.9. The second-order valence-electron chi connectivity index (χ2n) is 4.01. The Bertz CT molecular complexity index is 333. The van der Waals surface area contributed by atoms with Gasteiger partial charge in [0.1, 0.15) is 6.54 Å². The van der Waals surface area contributed by atoms with Gasteiger partial charge in [0.05, 0.1) is 0 Å². The minimum atomic E-state index is -4.19. The molecule has 1 rings (SSSR count). The van der Waals surface area contributed by atoms with Crippen molar-refractivity contribution in [3.8, 4) is 0 Å². The van der Waals surface area contributed by atoms with Crippen LogP contribution >= 0.6 is 0 Å². The molecule has 17 heavy (non-hydrogen) atoms. The van der Waals surface area contributed by atoms with E-state index in [1.807, 2.05) is 6.92 Å². The Kier molecular flexibility index (Phi) is 4.81. The predicted octanol–water partition coefficient (Wildman–Crippen LogP) is 2.71. The summed E-state index contributed by atoms with van der Waals surface area (Å²) in [5, 5.41) is 0. The van der Waals surface area contributed by atoms with Gasteiger partial charge in [0.15, 0.2) is 0 Å². The van der Waals surface area contributed by atoms with Gasteiger partial charge in [-0.15, -0.1) is 0 Å². The summed E-state index contributed by atoms with van der Waals surface area (Å²) in [6.07, 6.45) is -3.65. The Labute approximate surface area is 99.2 Å². The van der Waals surface area contributed by atoms with Gasteiger partial charge in [-0.2, -0.15) is 13.2 Å². The average molecular weight is 246 g/mol. The molecule has 0 atom stereocenters. The van der Waals surface area contributed by atoms with E-state index < -0.39 is 12.7 Å². The number of rotatable bonds is 5. The van der Waals surface area contributed by atoms with Gasteiger partial charge in [-0.25, -0.2) is 0 Å². The number of hydrogen-bond donors (Lipinski definition) is 1. The fourth-order valence-corrected chi connectivity index (χ4v) is 1.55. The van der Waals surface area contributed by atoms with E-state index in [-0.39, 0.29) is 0 Å². The number of hydrogen-bond acceptors (Lipinski definition) is 2. The van der Waals surface area contributed by atoms with E-state index in [4.69, 9.17) is 5.73 Å². The molecule has 0 bridgehead atoms. The SMILES string of the molecule is Cc1ccc(N(CCCN)CC(F)(F)F)cc1. The van der Waals surface area contributed by atoms with Crippen LogP contribution in [0, 0.1) is 6.92 Å². The molecule has 0 saturated heterocycles. The number of nitrogens with two attached hydrogens (primary N) is 1. The summed E-state index contributed by atoms with van der Waals surface area (Å²) in [5.74, 6) is 0. The molecule has 0 amide bonds. The third kappa shape index (κ3) is 5.08. The molecule has 2 N–H and O–H groups in total. The van der Waals surface area contributed by atoms with Crippen LogP contribution in [-0.4, -0.2) is 25.8 Å². The van der Waals surface area contributed by atoms with Crippen molar-refractivity contribution >= 4 is 5.69 Å². The monoisotopic (exact) mass is 246 g/mol. The first-order valence-electron chi connectivity index (χ1n) is 5.51. The van der Waals surface area contributed by atoms with E-state index in [9.17, 15) is 13.2 Å². The summed E-state index contributed by atoms with van der Waals surface area (Å²) in [6.45, 7) is 1.67. The van der Waals surface area contributed by atoms with Crippen LogP contribution < -0.4 is 10.6 Å². The number of aryl methyl sites for hydroxylation is 1. The first-order chi connectivity index (χ1) is 7.92. The van der Waals surface area contributed by atoms with E-state index in [1.165, 1.54) is 4.90 Å². The van der Waals surface area contributed by atoms with Crippen molar-refractivity contribution in [2.24, 2.45) is 5.73 Å². The Morgan fingerprint density at radius 3 is 2.24 bits per heavy atom. The summed E-state index contributed by atoms with van der Waals surface area (Å²) in [6, 6.07) is 7.03. The van der Waals surface area contributed by atoms with Crippen molar-refractivity contribution in [2.75, 3.05) is 24.5 Å². The summed E-state index contributed by atoms with van der Waals surface area (Å²) in [4.78, 5) is 1.31. The van der Waals surface area contributed by atoms with Gasteiger partial charge < -0.3 is 10.6 Å². The third-order valence-electron chi connectivity index (χ3n) is 2.40. The minimum absolute atomic E-state index is 0.319. The van der Waals surface area contributed by atoms with Crippen molar-refractivity contribution in [1.82, 2.24) is 0 Å². The van der Waals surface area contributed by atoms with Crippen LogP contribution in [0.15, 0.2) is 24.3 Å². The third-order valence-corrected chi connectivity index (χ3v) is 2.40. The van der Waals surface area contributed by atoms with Crippen LogP contribution in [0.3, 0.4) is 0 Å². The molecule has 0 aliphatic heterocycles. The molecule has 2 nitrogen and oxygen atoms in total. The molecule has 0 fully saturated rings. The molecule has 0 aliphatic carbocycles. The lowest BCUT2D eigenvalue weighted by molar-refractivity contribution is -0.119. The van der Waals surface area contributed by atoms with Crippen LogP contribution in [0.1, 0.15) is 12.0 Å². The first kappa shape index (κ1) is 13.8. The number of anilines is 1. The summed E-state index contributed by atoms with van der Waals surface area (Å²) >= 11 is 0. The highest BCUT2D eigenvalue weighted by Gasteiger charge is 2.30. The number of halogens is 3. The molecule has 0 radical (unpaired) electrons. The highest BCUT2D eigenvalue weighted by atomic mass is 19.4. The number of alkyl halides is 3. The Balaban J connectivity index is 2.78. The van der Waals surface area contributed by atoms with Gasteiger partial charge in [-0.3, -0.25) is 0 Å². The highest BCUT2D eigenvalue weighted by molar-refractivity contribution is 5.47. The molecule has 5 heteroatoms. The van der Waals surface area contributed by atoms with Gasteiger partial charge in [0, 0.05) is 12.2 Å². The fourth-order valence-electron chi connectivity index (χ4n) is 1.55. The zero-order valence-electron chi connectivity index (χ0n) is 9.80. The maximum atomic E-state index is 12.4. The highest BCUT2D eigenvalue weighted by Crippen LogP contribution is 2.22. The van der Waals surface area contributed by atoms with Crippen molar-refractivity contribution < 1.29 is 13.2 Å². The molecule has 0 spiro atoms. The fraction of sp³-hybridized carbons (Fsp3) is 0.500. The van der Waals surface area contributed by atoms with E-state index in [0.717, 1.165) is 5.56 Å². The maximum absolute atomic E-state index is 12.4. The normalized spacial score (nSPS) is 11.6. The largest absolute Gasteiger partial charge is 0.405 e. The molecular weight excluding hydrogens is 229 g/mol. The molecule has 0 aliphatic rings. The van der Waals surface area contributed by atoms with Crippen LogP contribution in [0.4, 0.5) is 18.9 Å². The van der Waals surface area contributed by atoms with Gasteiger partial charge in [0.25, 0.3) is 0 Å². The summed E-state index contributed by atoms with van der Waals surface area (Å²) in [5.41, 5.74) is 6.95. The van der Waals surface area contributed by atoms with Gasteiger partial charge in [0.2, 0.25) is 0 Å². The van der Waals surface area contributed by atoms with Crippen LogP contribution in [0.5, 0.6) is 0 Å². The van der Waals surface area contributed by atoms with Gasteiger partial charge >= 0.3 is 6.18 Å². The second kappa shape index (κ2) is 5.91. The maximum Gasteiger partial charge on any atom is 0.405 e. The van der Waals surface area contributed by atoms with E-state index >= 15 is 0 Å². The van der Waals surface area contributed by atoms with Crippen molar-refractivity contribution in [3.63, 3.8) is 0 Å². The molecule has 0 saturated carbocycles. The lowest BCUT2D eigenvalue weighted by Gasteiger charge is -2.26. The molecule has 1 aromatic rings. The summed E-state index contributed by atoms with van der Waals surface area (Å²) < 4.78 is 37.3.